The molecule has 6 nitrogen and oxygen atoms in total. The van der Waals surface area contributed by atoms with Crippen molar-refractivity contribution in [3.05, 3.63) is 117 Å². The molecule has 0 amide bonds. The van der Waals surface area contributed by atoms with Gasteiger partial charge in [-0.2, -0.15) is 52.7 Å². The summed E-state index contributed by atoms with van der Waals surface area (Å²) in [6.07, 6.45) is -12.0. The number of halogens is 24. The number of aromatic nitrogens is 2. The van der Waals surface area contributed by atoms with Crippen LogP contribution in [-0.4, -0.2) is 98.0 Å². The van der Waals surface area contributed by atoms with Gasteiger partial charge in [-0.05, 0) is 111 Å². The van der Waals surface area contributed by atoms with E-state index in [-0.39, 0.29) is 84.1 Å². The third kappa shape index (κ3) is 26.1. The van der Waals surface area contributed by atoms with Crippen molar-refractivity contribution in [2.75, 3.05) is 13.1 Å². The van der Waals surface area contributed by atoms with Crippen LogP contribution in [0.3, 0.4) is 0 Å². The Morgan fingerprint density at radius 3 is 1.00 bits per heavy atom. The molecule has 2 saturated heterocycles. The zero-order valence-electron chi connectivity index (χ0n) is 38.7. The van der Waals surface area contributed by atoms with Gasteiger partial charge in [0.1, 0.15) is 0 Å². The van der Waals surface area contributed by atoms with E-state index in [1.54, 1.807) is 26.0 Å². The first-order valence-electron chi connectivity index (χ1n) is 20.4. The summed E-state index contributed by atoms with van der Waals surface area (Å²) in [7, 11) is 0. The number of alkyl halides is 12. The maximum Gasteiger partial charge on any atom is 4.00 e. The molecule has 0 spiro atoms. The van der Waals surface area contributed by atoms with Crippen LogP contribution in [-0.2, 0) is 54.9 Å². The summed E-state index contributed by atoms with van der Waals surface area (Å²) in [4.78, 5) is 13.3. The number of hydrogen-bond acceptors (Lipinski definition) is 4. The Morgan fingerprint density at radius 1 is 0.520 bits per heavy atom. The van der Waals surface area contributed by atoms with Crippen molar-refractivity contribution in [2.24, 2.45) is 0 Å². The third-order valence-electron chi connectivity index (χ3n) is 10.2. The molecule has 2 aliphatic heterocycles. The predicted molar refractivity (Wildman–Crippen MR) is 228 cm³/mol. The van der Waals surface area contributed by atoms with Crippen LogP contribution < -0.4 is 9.41 Å². The zero-order valence-corrected chi connectivity index (χ0v) is 45.0. The van der Waals surface area contributed by atoms with E-state index < -0.39 is 87.6 Å². The fourth-order valence-electron chi connectivity index (χ4n) is 7.83. The molecule has 426 valence electrons. The molecule has 2 aromatic heterocycles. The van der Waals surface area contributed by atoms with Crippen molar-refractivity contribution in [3.63, 3.8) is 0 Å². The Bertz CT molecular complexity index is 2230. The van der Waals surface area contributed by atoms with Gasteiger partial charge in [0.05, 0.1) is 33.6 Å². The smallest absolute Gasteiger partial charge is 4.00 e. The van der Waals surface area contributed by atoms with E-state index in [0.717, 1.165) is 51.2 Å². The predicted octanol–water partition coefficient (Wildman–Crippen LogP) is 9.87. The van der Waals surface area contributed by atoms with Gasteiger partial charge < -0.3 is 20.2 Å². The molecule has 6 rings (SSSR count). The van der Waals surface area contributed by atoms with E-state index in [4.69, 9.17) is 10.8 Å². The first-order chi connectivity index (χ1) is 32.4. The van der Waals surface area contributed by atoms with Crippen LogP contribution in [0.5, 0.6) is 0 Å². The number of hydrogen-bond donors (Lipinski definition) is 0. The number of nitrogens with zero attached hydrogens (tertiary/aromatic N) is 6. The second-order valence-corrected chi connectivity index (χ2v) is 22.9. The van der Waals surface area contributed by atoms with E-state index in [9.17, 15) is 80.8 Å². The Labute approximate surface area is 433 Å². The van der Waals surface area contributed by atoms with Gasteiger partial charge in [-0.15, -0.1) is 0 Å². The quantitative estimate of drug-likeness (QED) is 0.105. The number of aryl methyl sites for hydroxylation is 2. The fourth-order valence-corrected chi connectivity index (χ4v) is 7.83. The van der Waals surface area contributed by atoms with Gasteiger partial charge >= 0.3 is 111 Å². The Balaban J connectivity index is 0. The number of pyridine rings is 2. The second-order valence-electron chi connectivity index (χ2n) is 15.7. The monoisotopic (exact) mass is 1380 g/mol. The molecule has 0 radical (unpaired) electrons. The maximum absolute atomic E-state index is 13.9. The molecule has 0 bridgehead atoms. The minimum atomic E-state index is -9.19. The third-order valence-corrected chi connectivity index (χ3v) is 10.2. The molecule has 0 unspecified atom stereocenters. The summed E-state index contributed by atoms with van der Waals surface area (Å²) >= 11 is -18.4. The van der Waals surface area contributed by atoms with Gasteiger partial charge in [0.2, 0.25) is 0 Å². The van der Waals surface area contributed by atoms with Crippen LogP contribution in [0.15, 0.2) is 60.9 Å². The van der Waals surface area contributed by atoms with Crippen LogP contribution in [0, 0.1) is 13.8 Å². The largest absolute Gasteiger partial charge is 4.00 e. The van der Waals surface area contributed by atoms with Gasteiger partial charge in [-0.1, -0.05) is 26.0 Å². The molecule has 0 saturated carbocycles. The molecule has 0 N–H and O–H groups in total. The summed E-state index contributed by atoms with van der Waals surface area (Å²) in [6, 6.07) is 7.79. The minimum absolute atomic E-state index is 0. The first-order valence-corrected chi connectivity index (χ1v) is 30.1. The summed E-state index contributed by atoms with van der Waals surface area (Å²) < 4.78 is 263. The van der Waals surface area contributed by atoms with Crippen LogP contribution >= 0.6 is 0 Å². The zero-order chi connectivity index (χ0) is 55.7. The van der Waals surface area contributed by atoms with E-state index in [0.29, 0.717) is 36.6 Å². The van der Waals surface area contributed by atoms with Gasteiger partial charge in [0.15, 0.2) is 0 Å². The van der Waals surface area contributed by atoms with Crippen LogP contribution in [0.1, 0.15) is 84.3 Å². The van der Waals surface area contributed by atoms with Crippen molar-refractivity contribution < 1.29 is 107 Å². The van der Waals surface area contributed by atoms with E-state index in [1.165, 1.54) is 38.4 Å². The summed E-state index contributed by atoms with van der Waals surface area (Å²) in [5.41, 5.74) is -5.44. The summed E-state index contributed by atoms with van der Waals surface area (Å²) in [5.74, 6) is 0. The molecular formula is C42H42F24FeN6Sb2. The molecule has 4 heterocycles. The topological polar surface area (TPSA) is 76.9 Å². The van der Waals surface area contributed by atoms with Gasteiger partial charge in [-0.3, -0.25) is 19.8 Å². The summed E-state index contributed by atoms with van der Waals surface area (Å²) in [6.45, 7) is 7.74. The second kappa shape index (κ2) is 27.9. The van der Waals surface area contributed by atoms with Crippen LogP contribution in [0.25, 0.3) is 33.1 Å². The molecular weight excluding hydrogens is 1340 g/mol. The normalized spacial score (nSPS) is 17.3. The van der Waals surface area contributed by atoms with Crippen molar-refractivity contribution in [1.82, 2.24) is 19.8 Å². The molecule has 75 heavy (non-hydrogen) atoms. The van der Waals surface area contributed by atoms with Crippen molar-refractivity contribution in [1.29, 1.82) is 0 Å². The molecule has 2 aromatic carbocycles. The Kier molecular flexibility index (Phi) is 27.3. The fraction of sp³-hybridized carbons (Fsp3) is 0.429. The number of likely N-dealkylation sites (tertiary alicyclic amines) is 2. The van der Waals surface area contributed by atoms with Crippen molar-refractivity contribution in [2.45, 2.75) is 103 Å². The Morgan fingerprint density at radius 2 is 0.787 bits per heavy atom. The molecule has 0 aliphatic carbocycles. The van der Waals surface area contributed by atoms with Gasteiger partial charge in [-0.25, -0.2) is 12.4 Å². The van der Waals surface area contributed by atoms with E-state index in [1.807, 2.05) is 0 Å². The number of rotatable bonds is 7. The van der Waals surface area contributed by atoms with Gasteiger partial charge in [0.25, 0.3) is 0 Å². The molecule has 2 fully saturated rings. The minimum Gasteiger partial charge on any atom is 4.00 e. The van der Waals surface area contributed by atoms with E-state index in [2.05, 4.69) is 19.8 Å². The molecule has 2 atom stereocenters. The Hall–Kier alpha value is -3.52. The molecule has 4 aromatic rings. The van der Waals surface area contributed by atoms with Crippen LogP contribution in [0.4, 0.5) is 80.8 Å². The average molecular weight is 1390 g/mol. The maximum atomic E-state index is 13.9. The molecule has 33 heteroatoms. The van der Waals surface area contributed by atoms with Gasteiger partial charge in [0, 0.05) is 48.7 Å². The van der Waals surface area contributed by atoms with E-state index >= 15 is 0 Å². The summed E-state index contributed by atoms with van der Waals surface area (Å²) in [5, 5.41) is 14.9. The van der Waals surface area contributed by atoms with Crippen molar-refractivity contribution in [3.8, 4) is 22.3 Å². The average Bonchev–Trinajstić information content (AvgIpc) is 3.84. The van der Waals surface area contributed by atoms with Crippen LogP contribution in [0.2, 0.25) is 0 Å². The van der Waals surface area contributed by atoms with Crippen molar-refractivity contribution >= 4 is 53.0 Å². The molecule has 2 aliphatic rings. The first kappa shape index (κ1) is 73.5. The SMILES string of the molecule is CC=[N-].CC=[N-].Cc1cc(C(F)(F)F)cc(C(F)(F)F)c1-c1ccc(CN2CCC[C@@H]2[C@H]2CCCN2Cc2ccc(-c3c(C)cc(C(F)(F)F)cc3C(F)(F)F)cn2)nc1.[F-].[F-].[F][Sb]([F])([F])([F])[F].[F][Sb]([F])([F])([F])[F].[Fe+4]. The number of benzene rings is 2. The standard InChI is InChI=1S/C38H34F12N4.2C2H4N.12FH.Fe.2Sb/c1-21-13-25(35(39,40)41)15-29(37(45,46)47)33(21)23-7-9-27(51-17-23)19-53-11-3-5-31(53)32-6-4-12-54(32)20-28-10-8-24(18-52-28)34-22(2)14-26(36(42,43)44)16-30(34)38(48,49)50;2*1-2-3;;;;;;;;;;;;;;;/h7-10,13-18,31-32H,3-6,11-12,19-20H2,1-2H3;2*2H,1H3;12*1H;;;/q;2*-1;;;;;;;;;;;;;+4;2*+5/p-12/t31-,32-;;;;;;;;;;;;;;;;;/m1................./s1.